The molecule has 1 aliphatic carbocycles. The first-order valence-corrected chi connectivity index (χ1v) is 7.23. The first kappa shape index (κ1) is 16.1. The molecule has 1 aliphatic heterocycles. The Hall–Kier alpha value is -1.27. The summed E-state index contributed by atoms with van der Waals surface area (Å²) < 4.78 is 40.3. The minimum absolute atomic E-state index is 0.126. The van der Waals surface area contributed by atoms with Crippen molar-refractivity contribution in [2.24, 2.45) is 5.92 Å². The van der Waals surface area contributed by atoms with E-state index in [1.807, 2.05) is 0 Å². The molecule has 2 unspecified atom stereocenters. The lowest BCUT2D eigenvalue weighted by molar-refractivity contribution is -0.214. The smallest absolute Gasteiger partial charge is 0.340 e. The molecule has 0 radical (unpaired) electrons. The molecule has 0 aromatic carbocycles. The Labute approximate surface area is 122 Å². The van der Waals surface area contributed by atoms with E-state index < -0.39 is 35.1 Å². The summed E-state index contributed by atoms with van der Waals surface area (Å²) in [6.07, 6.45) is -4.51. The van der Waals surface area contributed by atoms with E-state index in [1.165, 1.54) is 6.92 Å². The summed E-state index contributed by atoms with van der Waals surface area (Å²) in [7, 11) is 0. The summed E-state index contributed by atoms with van der Waals surface area (Å²) in [5.74, 6) is -1.50. The first-order valence-electron chi connectivity index (χ1n) is 7.23. The third-order valence-electron chi connectivity index (χ3n) is 4.69. The Balaban J connectivity index is 2.51. The zero-order valence-corrected chi connectivity index (χ0v) is 12.7. The van der Waals surface area contributed by atoms with Crippen molar-refractivity contribution in [2.45, 2.75) is 70.3 Å². The summed E-state index contributed by atoms with van der Waals surface area (Å²) in [5.41, 5.74) is -3.42. The molecule has 1 heterocycles. The summed E-state index contributed by atoms with van der Waals surface area (Å²) >= 11 is 0. The van der Waals surface area contributed by atoms with Gasteiger partial charge in [-0.05, 0) is 32.1 Å². The van der Waals surface area contributed by atoms with Gasteiger partial charge in [-0.2, -0.15) is 13.2 Å². The quantitative estimate of drug-likeness (QED) is 0.869. The third-order valence-corrected chi connectivity index (χ3v) is 4.69. The molecule has 2 fully saturated rings. The first-order chi connectivity index (χ1) is 9.50. The molecule has 1 N–H and O–H groups in total. The molecule has 2 rings (SSSR count). The standard InChI is InChI=1S/C14H21F3N2O2/c1-5-12(4)11(21)19(9(8(2)3)10(20)18-12)13(6-7-13)14(15,16)17/h8-9H,5-7H2,1-4H3,(H,18,20). The van der Waals surface area contributed by atoms with E-state index in [0.717, 1.165) is 4.90 Å². The van der Waals surface area contributed by atoms with Crippen LogP contribution < -0.4 is 5.32 Å². The number of amides is 2. The second-order valence-corrected chi connectivity index (χ2v) is 6.57. The van der Waals surface area contributed by atoms with Crippen LogP contribution in [0, 0.1) is 5.92 Å². The van der Waals surface area contributed by atoms with Crippen LogP contribution in [0.5, 0.6) is 0 Å². The van der Waals surface area contributed by atoms with Crippen molar-refractivity contribution in [1.29, 1.82) is 0 Å². The van der Waals surface area contributed by atoms with Gasteiger partial charge in [0.1, 0.15) is 17.1 Å². The fraction of sp³-hybridized carbons (Fsp3) is 0.857. The lowest BCUT2D eigenvalue weighted by Crippen LogP contribution is -2.74. The van der Waals surface area contributed by atoms with E-state index in [-0.39, 0.29) is 25.2 Å². The fourth-order valence-electron chi connectivity index (χ4n) is 2.99. The highest BCUT2D eigenvalue weighted by Gasteiger charge is 2.72. The summed E-state index contributed by atoms with van der Waals surface area (Å²) in [5, 5.41) is 2.61. The van der Waals surface area contributed by atoms with E-state index in [2.05, 4.69) is 5.32 Å². The Bertz CT molecular complexity index is 471. The van der Waals surface area contributed by atoms with Crippen molar-refractivity contribution >= 4 is 11.8 Å². The Morgan fingerprint density at radius 1 is 1.33 bits per heavy atom. The van der Waals surface area contributed by atoms with Gasteiger partial charge in [0.25, 0.3) is 0 Å². The lowest BCUT2D eigenvalue weighted by atomic mass is 9.86. The van der Waals surface area contributed by atoms with Gasteiger partial charge >= 0.3 is 6.18 Å². The normalized spacial score (nSPS) is 32.4. The molecular weight excluding hydrogens is 285 g/mol. The molecular formula is C14H21F3N2O2. The molecule has 0 bridgehead atoms. The van der Waals surface area contributed by atoms with Gasteiger partial charge in [0.2, 0.25) is 11.8 Å². The minimum Gasteiger partial charge on any atom is -0.340 e. The number of carbonyl (C=O) groups is 2. The zero-order chi connectivity index (χ0) is 16.2. The minimum atomic E-state index is -4.51. The summed E-state index contributed by atoms with van der Waals surface area (Å²) in [4.78, 5) is 25.8. The van der Waals surface area contributed by atoms with Crippen molar-refractivity contribution in [3.63, 3.8) is 0 Å². The maximum Gasteiger partial charge on any atom is 0.411 e. The van der Waals surface area contributed by atoms with Crippen LogP contribution in [0.25, 0.3) is 0 Å². The second-order valence-electron chi connectivity index (χ2n) is 6.57. The number of nitrogens with one attached hydrogen (secondary N) is 1. The van der Waals surface area contributed by atoms with E-state index in [0.29, 0.717) is 0 Å². The van der Waals surface area contributed by atoms with Crippen LogP contribution in [-0.4, -0.2) is 40.0 Å². The number of hydrogen-bond donors (Lipinski definition) is 1. The number of alkyl halides is 3. The topological polar surface area (TPSA) is 49.4 Å². The molecule has 1 saturated carbocycles. The van der Waals surface area contributed by atoms with Gasteiger partial charge in [0.05, 0.1) is 0 Å². The molecule has 120 valence electrons. The molecule has 2 atom stereocenters. The Morgan fingerprint density at radius 3 is 2.19 bits per heavy atom. The van der Waals surface area contributed by atoms with E-state index in [9.17, 15) is 22.8 Å². The molecule has 0 aromatic rings. The number of carbonyl (C=O) groups excluding carboxylic acids is 2. The fourth-order valence-corrected chi connectivity index (χ4v) is 2.99. The molecule has 0 spiro atoms. The van der Waals surface area contributed by atoms with Gasteiger partial charge < -0.3 is 10.2 Å². The van der Waals surface area contributed by atoms with Gasteiger partial charge in [-0.3, -0.25) is 9.59 Å². The largest absolute Gasteiger partial charge is 0.411 e. The van der Waals surface area contributed by atoms with Crippen molar-refractivity contribution < 1.29 is 22.8 Å². The van der Waals surface area contributed by atoms with Crippen molar-refractivity contribution in [2.75, 3.05) is 0 Å². The monoisotopic (exact) mass is 306 g/mol. The number of rotatable bonds is 3. The zero-order valence-electron chi connectivity index (χ0n) is 12.7. The molecule has 21 heavy (non-hydrogen) atoms. The predicted octanol–water partition coefficient (Wildman–Crippen LogP) is 2.23. The lowest BCUT2D eigenvalue weighted by Gasteiger charge is -2.49. The predicted molar refractivity (Wildman–Crippen MR) is 70.3 cm³/mol. The van der Waals surface area contributed by atoms with Crippen LogP contribution in [0.15, 0.2) is 0 Å². The van der Waals surface area contributed by atoms with Crippen LogP contribution in [0.4, 0.5) is 13.2 Å². The van der Waals surface area contributed by atoms with Crippen LogP contribution in [0.1, 0.15) is 47.0 Å². The average molecular weight is 306 g/mol. The van der Waals surface area contributed by atoms with Gasteiger partial charge in [-0.15, -0.1) is 0 Å². The number of halogens is 3. The maximum atomic E-state index is 13.4. The summed E-state index contributed by atoms with van der Waals surface area (Å²) in [6.45, 7) is 6.49. The van der Waals surface area contributed by atoms with Crippen LogP contribution in [-0.2, 0) is 9.59 Å². The van der Waals surface area contributed by atoms with Crippen LogP contribution in [0.3, 0.4) is 0 Å². The van der Waals surface area contributed by atoms with Crippen LogP contribution >= 0.6 is 0 Å². The van der Waals surface area contributed by atoms with Crippen molar-refractivity contribution in [3.8, 4) is 0 Å². The highest BCUT2D eigenvalue weighted by Crippen LogP contribution is 2.56. The highest BCUT2D eigenvalue weighted by atomic mass is 19.4. The summed E-state index contributed by atoms with van der Waals surface area (Å²) in [6, 6.07) is -1.07. The van der Waals surface area contributed by atoms with Crippen molar-refractivity contribution in [1.82, 2.24) is 10.2 Å². The van der Waals surface area contributed by atoms with Crippen LogP contribution in [0.2, 0.25) is 0 Å². The van der Waals surface area contributed by atoms with E-state index >= 15 is 0 Å². The molecule has 2 aliphatic rings. The molecule has 0 aromatic heterocycles. The number of piperazine rings is 1. The van der Waals surface area contributed by atoms with Gasteiger partial charge in [-0.25, -0.2) is 0 Å². The third kappa shape index (κ3) is 2.21. The van der Waals surface area contributed by atoms with E-state index in [1.54, 1.807) is 20.8 Å². The SMILES string of the molecule is CCC1(C)NC(=O)C(C(C)C)N(C2(C(F)(F)F)CC2)C1=O. The van der Waals surface area contributed by atoms with Gasteiger partial charge in [-0.1, -0.05) is 20.8 Å². The highest BCUT2D eigenvalue weighted by molar-refractivity contribution is 6.00. The molecule has 4 nitrogen and oxygen atoms in total. The van der Waals surface area contributed by atoms with Gasteiger partial charge in [0, 0.05) is 0 Å². The van der Waals surface area contributed by atoms with Gasteiger partial charge in [0.15, 0.2) is 0 Å². The number of hydrogen-bond acceptors (Lipinski definition) is 2. The average Bonchev–Trinajstić information content (AvgIpc) is 3.13. The van der Waals surface area contributed by atoms with Crippen molar-refractivity contribution in [3.05, 3.63) is 0 Å². The molecule has 7 heteroatoms. The molecule has 1 saturated heterocycles. The second kappa shape index (κ2) is 4.61. The maximum absolute atomic E-state index is 13.4. The van der Waals surface area contributed by atoms with E-state index in [4.69, 9.17) is 0 Å². The molecule has 2 amide bonds. The Kier molecular flexibility index (Phi) is 3.54. The Morgan fingerprint density at radius 2 is 1.86 bits per heavy atom. The number of nitrogens with zero attached hydrogens (tertiary/aromatic N) is 1.